The molecule has 94 valence electrons. The van der Waals surface area contributed by atoms with E-state index >= 15 is 0 Å². The number of anilines is 1. The normalized spacial score (nSPS) is 10.6. The number of rotatable bonds is 5. The van der Waals surface area contributed by atoms with Gasteiger partial charge in [-0.1, -0.05) is 38.2 Å². The van der Waals surface area contributed by atoms with E-state index in [0.717, 1.165) is 18.7 Å². The molecular weight excluding hydrogens is 228 g/mol. The lowest BCUT2D eigenvalue weighted by Gasteiger charge is -2.29. The van der Waals surface area contributed by atoms with Crippen LogP contribution in [0.25, 0.3) is 0 Å². The van der Waals surface area contributed by atoms with Gasteiger partial charge in [-0.25, -0.2) is 0 Å². The second-order valence-electron chi connectivity index (χ2n) is 4.77. The van der Waals surface area contributed by atoms with Crippen LogP contribution >= 0.6 is 12.2 Å². The first-order valence-electron chi connectivity index (χ1n) is 6.11. The Bertz CT molecular complexity index is 399. The number of benzene rings is 1. The van der Waals surface area contributed by atoms with E-state index in [1.807, 2.05) is 12.1 Å². The minimum absolute atomic E-state index is 0.478. The molecule has 0 heterocycles. The lowest BCUT2D eigenvalue weighted by Crippen LogP contribution is -2.30. The first-order valence-corrected chi connectivity index (χ1v) is 6.52. The van der Waals surface area contributed by atoms with Crippen LogP contribution < -0.4 is 10.6 Å². The van der Waals surface area contributed by atoms with Gasteiger partial charge in [-0.2, -0.15) is 0 Å². The molecule has 0 saturated heterocycles. The van der Waals surface area contributed by atoms with Crippen LogP contribution in [0.1, 0.15) is 31.9 Å². The van der Waals surface area contributed by atoms with Gasteiger partial charge in [-0.05, 0) is 31.4 Å². The Morgan fingerprint density at radius 2 is 2.06 bits per heavy atom. The number of hydrogen-bond acceptors (Lipinski definition) is 2. The summed E-state index contributed by atoms with van der Waals surface area (Å²) in [5.41, 5.74) is 9.22. The van der Waals surface area contributed by atoms with Gasteiger partial charge >= 0.3 is 0 Å². The van der Waals surface area contributed by atoms with Crippen LogP contribution in [0.4, 0.5) is 5.69 Å². The highest BCUT2D eigenvalue weighted by Gasteiger charge is 2.14. The Kier molecular flexibility index (Phi) is 4.94. The third-order valence-corrected chi connectivity index (χ3v) is 3.01. The Morgan fingerprint density at radius 1 is 1.41 bits per heavy atom. The van der Waals surface area contributed by atoms with Gasteiger partial charge in [0.1, 0.15) is 4.99 Å². The maximum Gasteiger partial charge on any atom is 0.106 e. The maximum absolute atomic E-state index is 5.81. The molecule has 0 saturated carbocycles. The largest absolute Gasteiger partial charge is 0.389 e. The molecule has 0 radical (unpaired) electrons. The Hall–Kier alpha value is -1.09. The molecule has 0 aliphatic heterocycles. The summed E-state index contributed by atoms with van der Waals surface area (Å²) in [4.78, 5) is 2.83. The predicted molar refractivity (Wildman–Crippen MR) is 79.8 cm³/mol. The highest BCUT2D eigenvalue weighted by molar-refractivity contribution is 7.80. The van der Waals surface area contributed by atoms with Gasteiger partial charge in [0.15, 0.2) is 0 Å². The molecule has 3 heteroatoms. The summed E-state index contributed by atoms with van der Waals surface area (Å²) in [5.74, 6) is 0.619. The van der Waals surface area contributed by atoms with Crippen LogP contribution in [0.2, 0.25) is 0 Å². The van der Waals surface area contributed by atoms with Crippen LogP contribution in [-0.4, -0.2) is 18.1 Å². The standard InChI is InChI=1S/C14H22N2S/c1-5-16(9-10(2)3)13-11(4)7-6-8-12(13)14(15)17/h6-8,10H,5,9H2,1-4H3,(H2,15,17). The summed E-state index contributed by atoms with van der Waals surface area (Å²) < 4.78 is 0. The third-order valence-electron chi connectivity index (χ3n) is 2.79. The molecule has 0 aliphatic carbocycles. The zero-order valence-electron chi connectivity index (χ0n) is 11.2. The molecule has 1 aromatic carbocycles. The van der Waals surface area contributed by atoms with Crippen LogP contribution in [0.15, 0.2) is 18.2 Å². The van der Waals surface area contributed by atoms with E-state index in [1.54, 1.807) is 0 Å². The van der Waals surface area contributed by atoms with Crippen molar-refractivity contribution in [2.75, 3.05) is 18.0 Å². The molecule has 1 rings (SSSR count). The van der Waals surface area contributed by atoms with E-state index in [1.165, 1.54) is 11.3 Å². The van der Waals surface area contributed by atoms with Crippen molar-refractivity contribution in [2.45, 2.75) is 27.7 Å². The summed E-state index contributed by atoms with van der Waals surface area (Å²) in [6, 6.07) is 6.13. The second-order valence-corrected chi connectivity index (χ2v) is 5.21. The molecule has 17 heavy (non-hydrogen) atoms. The van der Waals surface area contributed by atoms with Crippen molar-refractivity contribution in [1.82, 2.24) is 0 Å². The molecule has 0 atom stereocenters. The fourth-order valence-corrected chi connectivity index (χ4v) is 2.26. The number of hydrogen-bond donors (Lipinski definition) is 1. The minimum atomic E-state index is 0.478. The Labute approximate surface area is 110 Å². The molecule has 2 N–H and O–H groups in total. The zero-order chi connectivity index (χ0) is 13.0. The summed E-state index contributed by atoms with van der Waals surface area (Å²) in [6.45, 7) is 10.7. The lowest BCUT2D eigenvalue weighted by atomic mass is 10.1. The zero-order valence-corrected chi connectivity index (χ0v) is 12.0. The van der Waals surface area contributed by atoms with Gasteiger partial charge in [0, 0.05) is 24.3 Å². The second kappa shape index (κ2) is 6.01. The molecule has 0 fully saturated rings. The molecule has 0 spiro atoms. The van der Waals surface area contributed by atoms with E-state index in [2.05, 4.69) is 38.7 Å². The molecule has 0 unspecified atom stereocenters. The van der Waals surface area contributed by atoms with Crippen molar-refractivity contribution < 1.29 is 0 Å². The van der Waals surface area contributed by atoms with Crippen molar-refractivity contribution in [1.29, 1.82) is 0 Å². The van der Waals surface area contributed by atoms with Gasteiger partial charge in [0.2, 0.25) is 0 Å². The average molecular weight is 250 g/mol. The minimum Gasteiger partial charge on any atom is -0.389 e. The van der Waals surface area contributed by atoms with Crippen LogP contribution in [0.3, 0.4) is 0 Å². The van der Waals surface area contributed by atoms with Crippen LogP contribution in [-0.2, 0) is 0 Å². The van der Waals surface area contributed by atoms with Gasteiger partial charge in [-0.15, -0.1) is 0 Å². The predicted octanol–water partition coefficient (Wildman–Crippen LogP) is 3.11. The number of nitrogens with two attached hydrogens (primary N) is 1. The summed E-state index contributed by atoms with van der Waals surface area (Å²) in [7, 11) is 0. The van der Waals surface area contributed by atoms with E-state index in [-0.39, 0.29) is 0 Å². The van der Waals surface area contributed by atoms with Crippen LogP contribution in [0, 0.1) is 12.8 Å². The fraction of sp³-hybridized carbons (Fsp3) is 0.500. The van der Waals surface area contributed by atoms with Gasteiger partial charge in [-0.3, -0.25) is 0 Å². The van der Waals surface area contributed by atoms with E-state index in [4.69, 9.17) is 18.0 Å². The summed E-state index contributed by atoms with van der Waals surface area (Å²) in [5, 5.41) is 0. The molecule has 0 aliphatic rings. The Morgan fingerprint density at radius 3 is 2.53 bits per heavy atom. The lowest BCUT2D eigenvalue weighted by molar-refractivity contribution is 0.618. The fourth-order valence-electron chi connectivity index (χ4n) is 2.10. The summed E-state index contributed by atoms with van der Waals surface area (Å²) in [6.07, 6.45) is 0. The van der Waals surface area contributed by atoms with Gasteiger partial charge in [0.25, 0.3) is 0 Å². The quantitative estimate of drug-likeness (QED) is 0.814. The van der Waals surface area contributed by atoms with Crippen molar-refractivity contribution in [2.24, 2.45) is 11.7 Å². The molecule has 0 aromatic heterocycles. The van der Waals surface area contributed by atoms with E-state index < -0.39 is 0 Å². The highest BCUT2D eigenvalue weighted by Crippen LogP contribution is 2.25. The molecule has 2 nitrogen and oxygen atoms in total. The van der Waals surface area contributed by atoms with E-state index in [9.17, 15) is 0 Å². The Balaban J connectivity index is 3.21. The number of nitrogens with zero attached hydrogens (tertiary/aromatic N) is 1. The third kappa shape index (κ3) is 3.43. The van der Waals surface area contributed by atoms with Crippen molar-refractivity contribution in [3.05, 3.63) is 29.3 Å². The van der Waals surface area contributed by atoms with Crippen molar-refractivity contribution in [3.8, 4) is 0 Å². The molecule has 0 bridgehead atoms. The molecular formula is C14H22N2S. The van der Waals surface area contributed by atoms with Crippen molar-refractivity contribution in [3.63, 3.8) is 0 Å². The first kappa shape index (κ1) is 14.0. The highest BCUT2D eigenvalue weighted by atomic mass is 32.1. The number of aryl methyl sites for hydroxylation is 1. The molecule has 1 aromatic rings. The SMILES string of the molecule is CCN(CC(C)C)c1c(C)cccc1C(N)=S. The topological polar surface area (TPSA) is 29.3 Å². The summed E-state index contributed by atoms with van der Waals surface area (Å²) >= 11 is 5.14. The van der Waals surface area contributed by atoms with Gasteiger partial charge in [0.05, 0.1) is 0 Å². The monoisotopic (exact) mass is 250 g/mol. The first-order chi connectivity index (χ1) is 7.97. The maximum atomic E-state index is 5.81. The number of para-hydroxylation sites is 1. The van der Waals surface area contributed by atoms with Gasteiger partial charge < -0.3 is 10.6 Å². The van der Waals surface area contributed by atoms with Crippen molar-refractivity contribution >= 4 is 22.9 Å². The average Bonchev–Trinajstić information content (AvgIpc) is 2.25. The molecule has 0 amide bonds. The smallest absolute Gasteiger partial charge is 0.106 e. The van der Waals surface area contributed by atoms with E-state index in [0.29, 0.717) is 10.9 Å². The number of thiocarbonyl (C=S) groups is 1. The van der Waals surface area contributed by atoms with Crippen LogP contribution in [0.5, 0.6) is 0 Å².